The Bertz CT molecular complexity index is 735. The van der Waals surface area contributed by atoms with Crippen LogP contribution in [0.5, 0.6) is 0 Å². The molecule has 0 spiro atoms. The summed E-state index contributed by atoms with van der Waals surface area (Å²) in [6.07, 6.45) is -0.623. The second-order valence-corrected chi connectivity index (χ2v) is 6.16. The van der Waals surface area contributed by atoms with E-state index in [0.717, 1.165) is 27.6 Å². The molecule has 2 heterocycles. The Labute approximate surface area is 129 Å². The van der Waals surface area contributed by atoms with Crippen molar-refractivity contribution in [2.24, 2.45) is 0 Å². The summed E-state index contributed by atoms with van der Waals surface area (Å²) in [5.41, 5.74) is 4.84. The highest BCUT2D eigenvalue weighted by Gasteiger charge is 2.33. The SMILES string of the molecule is Cc1ccc(C)c2c(C)c(C(=O)N(C)[C@H]3COC[C@@H]3O)[nH]c12. The number of likely N-dealkylation sites (N-methyl/N-ethyl adjacent to an activating group) is 1. The summed E-state index contributed by atoms with van der Waals surface area (Å²) < 4.78 is 5.25. The van der Waals surface area contributed by atoms with E-state index < -0.39 is 6.10 Å². The van der Waals surface area contributed by atoms with Gasteiger partial charge in [-0.05, 0) is 37.5 Å². The first-order valence-corrected chi connectivity index (χ1v) is 7.53. The van der Waals surface area contributed by atoms with E-state index in [1.165, 1.54) is 0 Å². The van der Waals surface area contributed by atoms with Crippen LogP contribution in [0.4, 0.5) is 0 Å². The summed E-state index contributed by atoms with van der Waals surface area (Å²) in [5, 5.41) is 11.0. The first-order chi connectivity index (χ1) is 10.4. The fourth-order valence-electron chi connectivity index (χ4n) is 3.24. The number of hydrogen-bond acceptors (Lipinski definition) is 3. The third-order valence-corrected chi connectivity index (χ3v) is 4.68. The van der Waals surface area contributed by atoms with Gasteiger partial charge in [-0.2, -0.15) is 0 Å². The molecule has 0 unspecified atom stereocenters. The van der Waals surface area contributed by atoms with Crippen LogP contribution in [-0.4, -0.2) is 53.3 Å². The molecule has 22 heavy (non-hydrogen) atoms. The van der Waals surface area contributed by atoms with Crippen LogP contribution >= 0.6 is 0 Å². The van der Waals surface area contributed by atoms with Crippen LogP contribution in [0.2, 0.25) is 0 Å². The Balaban J connectivity index is 2.03. The maximum absolute atomic E-state index is 12.8. The van der Waals surface area contributed by atoms with Crippen molar-refractivity contribution in [3.05, 3.63) is 34.5 Å². The minimum absolute atomic E-state index is 0.109. The Morgan fingerprint density at radius 3 is 2.55 bits per heavy atom. The molecule has 0 aliphatic carbocycles. The minimum Gasteiger partial charge on any atom is -0.388 e. The minimum atomic E-state index is -0.623. The highest BCUT2D eigenvalue weighted by atomic mass is 16.5. The molecule has 1 aromatic carbocycles. The first-order valence-electron chi connectivity index (χ1n) is 7.53. The average Bonchev–Trinajstić information content (AvgIpc) is 3.06. The zero-order valence-corrected chi connectivity index (χ0v) is 13.4. The Hall–Kier alpha value is -1.85. The number of carbonyl (C=O) groups is 1. The molecule has 5 heteroatoms. The number of fused-ring (bicyclic) bond motifs is 1. The van der Waals surface area contributed by atoms with Crippen molar-refractivity contribution < 1.29 is 14.6 Å². The predicted octanol–water partition coefficient (Wildman–Crippen LogP) is 1.92. The molecular weight excluding hydrogens is 280 g/mol. The molecule has 0 radical (unpaired) electrons. The number of carbonyl (C=O) groups excluding carboxylic acids is 1. The van der Waals surface area contributed by atoms with Crippen molar-refractivity contribution in [3.63, 3.8) is 0 Å². The highest BCUT2D eigenvalue weighted by molar-refractivity contribution is 6.02. The number of aliphatic hydroxyl groups is 1. The molecule has 2 aromatic rings. The number of aliphatic hydroxyl groups excluding tert-OH is 1. The van der Waals surface area contributed by atoms with Gasteiger partial charge in [-0.25, -0.2) is 0 Å². The number of aryl methyl sites for hydroxylation is 3. The number of aromatic amines is 1. The van der Waals surface area contributed by atoms with Gasteiger partial charge in [0.15, 0.2) is 0 Å². The van der Waals surface area contributed by atoms with Crippen molar-refractivity contribution in [2.45, 2.75) is 32.9 Å². The molecule has 0 bridgehead atoms. The lowest BCUT2D eigenvalue weighted by Gasteiger charge is -2.25. The number of rotatable bonds is 2. The van der Waals surface area contributed by atoms with Crippen LogP contribution in [0.3, 0.4) is 0 Å². The summed E-state index contributed by atoms with van der Waals surface area (Å²) in [4.78, 5) is 17.7. The maximum atomic E-state index is 12.8. The average molecular weight is 302 g/mol. The van der Waals surface area contributed by atoms with Crippen LogP contribution in [-0.2, 0) is 4.74 Å². The standard InChI is InChI=1S/C17H22N2O3/c1-9-5-6-10(2)15-14(9)11(3)16(18-15)17(21)19(4)12-7-22-8-13(12)20/h5-6,12-13,18,20H,7-8H2,1-4H3/t12-,13-/m0/s1. The van der Waals surface area contributed by atoms with Crippen molar-refractivity contribution in [1.29, 1.82) is 0 Å². The van der Waals surface area contributed by atoms with Gasteiger partial charge in [0.25, 0.3) is 5.91 Å². The van der Waals surface area contributed by atoms with Crippen LogP contribution in [0.1, 0.15) is 27.2 Å². The number of H-pyrrole nitrogens is 1. The van der Waals surface area contributed by atoms with Crippen molar-refractivity contribution in [1.82, 2.24) is 9.88 Å². The van der Waals surface area contributed by atoms with E-state index in [1.807, 2.05) is 13.8 Å². The fraction of sp³-hybridized carbons (Fsp3) is 0.471. The lowest BCUT2D eigenvalue weighted by Crippen LogP contribution is -2.44. The van der Waals surface area contributed by atoms with Gasteiger partial charge in [0.1, 0.15) is 5.69 Å². The van der Waals surface area contributed by atoms with Gasteiger partial charge >= 0.3 is 0 Å². The van der Waals surface area contributed by atoms with E-state index in [4.69, 9.17) is 4.74 Å². The van der Waals surface area contributed by atoms with E-state index in [2.05, 4.69) is 24.0 Å². The maximum Gasteiger partial charge on any atom is 0.270 e. The molecule has 1 fully saturated rings. The smallest absolute Gasteiger partial charge is 0.270 e. The summed E-state index contributed by atoms with van der Waals surface area (Å²) in [6, 6.07) is 3.84. The second kappa shape index (κ2) is 5.41. The van der Waals surface area contributed by atoms with E-state index in [1.54, 1.807) is 11.9 Å². The van der Waals surface area contributed by atoms with Crippen molar-refractivity contribution in [3.8, 4) is 0 Å². The number of nitrogens with one attached hydrogen (secondary N) is 1. The van der Waals surface area contributed by atoms with Gasteiger partial charge in [-0.3, -0.25) is 4.79 Å². The van der Waals surface area contributed by atoms with Gasteiger partial charge in [0, 0.05) is 18.0 Å². The molecular formula is C17H22N2O3. The van der Waals surface area contributed by atoms with Gasteiger partial charge in [-0.15, -0.1) is 0 Å². The molecule has 1 saturated heterocycles. The first kappa shape index (κ1) is 15.1. The molecule has 0 saturated carbocycles. The van der Waals surface area contributed by atoms with Crippen LogP contribution < -0.4 is 0 Å². The Kier molecular flexibility index (Phi) is 3.70. The molecule has 1 aromatic heterocycles. The zero-order valence-electron chi connectivity index (χ0n) is 13.4. The van der Waals surface area contributed by atoms with Crippen LogP contribution in [0.15, 0.2) is 12.1 Å². The molecule has 3 rings (SSSR count). The summed E-state index contributed by atoms with van der Waals surface area (Å²) in [5.74, 6) is -0.109. The molecule has 2 N–H and O–H groups in total. The van der Waals surface area contributed by atoms with Gasteiger partial charge < -0.3 is 19.7 Å². The Morgan fingerprint density at radius 2 is 1.95 bits per heavy atom. The topological polar surface area (TPSA) is 65.6 Å². The number of aromatic nitrogens is 1. The van der Waals surface area contributed by atoms with Crippen LogP contribution in [0.25, 0.3) is 10.9 Å². The number of ether oxygens (including phenoxy) is 1. The molecule has 1 aliphatic heterocycles. The van der Waals surface area contributed by atoms with E-state index in [9.17, 15) is 9.90 Å². The predicted molar refractivity (Wildman–Crippen MR) is 85.2 cm³/mol. The quantitative estimate of drug-likeness (QED) is 0.891. The van der Waals surface area contributed by atoms with E-state index in [-0.39, 0.29) is 18.6 Å². The third kappa shape index (κ3) is 2.21. The Morgan fingerprint density at radius 1 is 1.27 bits per heavy atom. The van der Waals surface area contributed by atoms with E-state index in [0.29, 0.717) is 12.3 Å². The second-order valence-electron chi connectivity index (χ2n) is 6.16. The lowest BCUT2D eigenvalue weighted by molar-refractivity contribution is 0.0576. The summed E-state index contributed by atoms with van der Waals surface area (Å²) >= 11 is 0. The normalized spacial score (nSPS) is 21.5. The highest BCUT2D eigenvalue weighted by Crippen LogP contribution is 2.28. The molecule has 1 amide bonds. The van der Waals surface area contributed by atoms with Gasteiger partial charge in [0.2, 0.25) is 0 Å². The van der Waals surface area contributed by atoms with Gasteiger partial charge in [0.05, 0.1) is 25.4 Å². The number of hydrogen-bond donors (Lipinski definition) is 2. The molecule has 5 nitrogen and oxygen atoms in total. The number of amides is 1. The molecule has 2 atom stereocenters. The van der Waals surface area contributed by atoms with Crippen molar-refractivity contribution >= 4 is 16.8 Å². The summed E-state index contributed by atoms with van der Waals surface area (Å²) in [7, 11) is 1.72. The molecule has 118 valence electrons. The van der Waals surface area contributed by atoms with E-state index >= 15 is 0 Å². The molecule has 1 aliphatic rings. The monoisotopic (exact) mass is 302 g/mol. The third-order valence-electron chi connectivity index (χ3n) is 4.68. The van der Waals surface area contributed by atoms with Crippen molar-refractivity contribution in [2.75, 3.05) is 20.3 Å². The number of nitrogens with zero attached hydrogens (tertiary/aromatic N) is 1. The summed E-state index contributed by atoms with van der Waals surface area (Å²) in [6.45, 7) is 6.71. The largest absolute Gasteiger partial charge is 0.388 e. The lowest BCUT2D eigenvalue weighted by atomic mass is 10.0. The zero-order chi connectivity index (χ0) is 16.0. The van der Waals surface area contributed by atoms with Gasteiger partial charge in [-0.1, -0.05) is 12.1 Å². The van der Waals surface area contributed by atoms with Crippen LogP contribution in [0, 0.1) is 20.8 Å². The number of benzene rings is 1. The fourth-order valence-corrected chi connectivity index (χ4v) is 3.24.